The van der Waals surface area contributed by atoms with E-state index in [0.29, 0.717) is 13.0 Å². The van der Waals surface area contributed by atoms with E-state index < -0.39 is 6.04 Å². The van der Waals surface area contributed by atoms with E-state index in [1.165, 1.54) is 0 Å². The van der Waals surface area contributed by atoms with Gasteiger partial charge in [-0.3, -0.25) is 4.79 Å². The van der Waals surface area contributed by atoms with Crippen LogP contribution >= 0.6 is 0 Å². The van der Waals surface area contributed by atoms with Crippen molar-refractivity contribution in [3.8, 4) is 0 Å². The van der Waals surface area contributed by atoms with Gasteiger partial charge in [0, 0.05) is 5.92 Å². The summed E-state index contributed by atoms with van der Waals surface area (Å²) in [7, 11) is 0. The van der Waals surface area contributed by atoms with Gasteiger partial charge in [-0.1, -0.05) is 13.8 Å². The minimum absolute atomic E-state index is 0.0296. The van der Waals surface area contributed by atoms with Gasteiger partial charge in [-0.2, -0.15) is 0 Å². The second-order valence-electron chi connectivity index (χ2n) is 3.90. The van der Waals surface area contributed by atoms with Gasteiger partial charge in [0.2, 0.25) is 5.91 Å². The van der Waals surface area contributed by atoms with E-state index in [2.05, 4.69) is 5.32 Å². The number of ether oxygens (including phenoxy) is 1. The number of amides is 1. The summed E-state index contributed by atoms with van der Waals surface area (Å²) in [6.45, 7) is 6.09. The Balaban J connectivity index is 2.54. The minimum Gasteiger partial charge on any atom is -0.464 e. The minimum atomic E-state index is -0.435. The highest BCUT2D eigenvalue weighted by Gasteiger charge is 2.38. The zero-order valence-corrected chi connectivity index (χ0v) is 8.87. The third kappa shape index (κ3) is 2.25. The molecule has 2 atom stereocenters. The van der Waals surface area contributed by atoms with Crippen LogP contribution in [0.3, 0.4) is 0 Å². The van der Waals surface area contributed by atoms with Crippen LogP contribution in [0.2, 0.25) is 0 Å². The van der Waals surface area contributed by atoms with Crippen LogP contribution in [0.5, 0.6) is 0 Å². The van der Waals surface area contributed by atoms with Crippen molar-refractivity contribution in [2.45, 2.75) is 33.2 Å². The fourth-order valence-corrected chi connectivity index (χ4v) is 1.67. The Morgan fingerprint density at radius 3 is 2.71 bits per heavy atom. The van der Waals surface area contributed by atoms with Crippen molar-refractivity contribution in [2.24, 2.45) is 11.8 Å². The smallest absolute Gasteiger partial charge is 0.328 e. The molecule has 1 saturated heterocycles. The van der Waals surface area contributed by atoms with E-state index in [1.54, 1.807) is 6.92 Å². The number of rotatable bonds is 3. The first-order valence-electron chi connectivity index (χ1n) is 5.03. The molecule has 0 aliphatic carbocycles. The highest BCUT2D eigenvalue weighted by Crippen LogP contribution is 2.23. The first-order chi connectivity index (χ1) is 6.56. The first-order valence-corrected chi connectivity index (χ1v) is 5.03. The lowest BCUT2D eigenvalue weighted by Gasteiger charge is -2.10. The summed E-state index contributed by atoms with van der Waals surface area (Å²) in [5, 5.41) is 2.66. The Bertz CT molecular complexity index is 238. The van der Waals surface area contributed by atoms with Crippen LogP contribution in [0.15, 0.2) is 0 Å². The summed E-state index contributed by atoms with van der Waals surface area (Å²) in [6, 6.07) is -0.435. The molecule has 1 aliphatic rings. The van der Waals surface area contributed by atoms with Crippen molar-refractivity contribution in [1.29, 1.82) is 0 Å². The molecule has 1 unspecified atom stereocenters. The maximum absolute atomic E-state index is 11.4. The molecule has 1 N–H and O–H groups in total. The van der Waals surface area contributed by atoms with Crippen LogP contribution in [-0.2, 0) is 14.3 Å². The number of esters is 1. The molecule has 0 radical (unpaired) electrons. The fraction of sp³-hybridized carbons (Fsp3) is 0.800. The Labute approximate surface area is 84.0 Å². The number of carbonyl (C=O) groups excluding carboxylic acids is 2. The van der Waals surface area contributed by atoms with Crippen LogP contribution in [0.25, 0.3) is 0 Å². The third-order valence-corrected chi connectivity index (χ3v) is 2.52. The molecule has 4 heteroatoms. The summed E-state index contributed by atoms with van der Waals surface area (Å²) in [5.74, 6) is -0.124. The first kappa shape index (κ1) is 11.0. The molecule has 1 amide bonds. The lowest BCUT2D eigenvalue weighted by Crippen LogP contribution is -2.34. The van der Waals surface area contributed by atoms with Crippen molar-refractivity contribution in [2.75, 3.05) is 6.61 Å². The van der Waals surface area contributed by atoms with Gasteiger partial charge in [-0.15, -0.1) is 0 Å². The lowest BCUT2D eigenvalue weighted by molar-refractivity contribution is -0.145. The van der Waals surface area contributed by atoms with E-state index in [4.69, 9.17) is 4.74 Å². The fourth-order valence-electron chi connectivity index (χ4n) is 1.67. The number of hydrogen-bond acceptors (Lipinski definition) is 3. The molecule has 80 valence electrons. The van der Waals surface area contributed by atoms with E-state index in [0.717, 1.165) is 0 Å². The highest BCUT2D eigenvalue weighted by atomic mass is 16.5. The van der Waals surface area contributed by atoms with Gasteiger partial charge < -0.3 is 10.1 Å². The number of nitrogens with one attached hydrogen (secondary N) is 1. The maximum Gasteiger partial charge on any atom is 0.328 e. The lowest BCUT2D eigenvalue weighted by atomic mass is 9.93. The molecular formula is C10H17NO3. The maximum atomic E-state index is 11.4. The quantitative estimate of drug-likeness (QED) is 0.681. The van der Waals surface area contributed by atoms with Gasteiger partial charge in [0.25, 0.3) is 0 Å². The van der Waals surface area contributed by atoms with Crippen molar-refractivity contribution in [3.05, 3.63) is 0 Å². The van der Waals surface area contributed by atoms with Crippen molar-refractivity contribution in [1.82, 2.24) is 5.32 Å². The van der Waals surface area contributed by atoms with Crippen LogP contribution in [0.1, 0.15) is 27.2 Å². The molecule has 4 nitrogen and oxygen atoms in total. The molecule has 0 aromatic carbocycles. The summed E-state index contributed by atoms with van der Waals surface area (Å²) in [6.07, 6.45) is 0.565. The number of carbonyl (C=O) groups is 2. The monoisotopic (exact) mass is 199 g/mol. The zero-order chi connectivity index (χ0) is 10.7. The summed E-state index contributed by atoms with van der Waals surface area (Å²) < 4.78 is 4.85. The van der Waals surface area contributed by atoms with Crippen LogP contribution < -0.4 is 5.32 Å². The third-order valence-electron chi connectivity index (χ3n) is 2.52. The molecule has 0 aromatic rings. The average molecular weight is 199 g/mol. The predicted molar refractivity (Wildman–Crippen MR) is 51.5 cm³/mol. The second kappa shape index (κ2) is 4.44. The van der Waals surface area contributed by atoms with E-state index in [9.17, 15) is 9.59 Å². The van der Waals surface area contributed by atoms with Gasteiger partial charge in [-0.25, -0.2) is 4.79 Å². The molecular weight excluding hydrogens is 182 g/mol. The Morgan fingerprint density at radius 1 is 1.64 bits per heavy atom. The summed E-state index contributed by atoms with van der Waals surface area (Å²) in [4.78, 5) is 22.7. The highest BCUT2D eigenvalue weighted by molar-refractivity contribution is 5.89. The van der Waals surface area contributed by atoms with Crippen molar-refractivity contribution < 1.29 is 14.3 Å². The van der Waals surface area contributed by atoms with Gasteiger partial charge in [-0.05, 0) is 19.3 Å². The molecule has 1 aliphatic heterocycles. The Morgan fingerprint density at radius 2 is 2.29 bits per heavy atom. The Kier molecular flexibility index (Phi) is 3.49. The average Bonchev–Trinajstić information content (AvgIpc) is 2.48. The predicted octanol–water partition coefficient (Wildman–Crippen LogP) is 0.710. The van der Waals surface area contributed by atoms with Crippen LogP contribution in [0.4, 0.5) is 0 Å². The second-order valence-corrected chi connectivity index (χ2v) is 3.90. The van der Waals surface area contributed by atoms with E-state index in [-0.39, 0.29) is 23.7 Å². The topological polar surface area (TPSA) is 55.4 Å². The van der Waals surface area contributed by atoms with Crippen molar-refractivity contribution >= 4 is 11.9 Å². The normalized spacial score (nSPS) is 26.4. The van der Waals surface area contributed by atoms with Crippen molar-refractivity contribution in [3.63, 3.8) is 0 Å². The van der Waals surface area contributed by atoms with Crippen LogP contribution in [-0.4, -0.2) is 24.5 Å². The molecule has 0 bridgehead atoms. The van der Waals surface area contributed by atoms with Gasteiger partial charge in [0.15, 0.2) is 0 Å². The van der Waals surface area contributed by atoms with E-state index in [1.807, 2.05) is 13.8 Å². The molecule has 1 heterocycles. The summed E-state index contributed by atoms with van der Waals surface area (Å²) >= 11 is 0. The van der Waals surface area contributed by atoms with Gasteiger partial charge in [0.05, 0.1) is 6.61 Å². The standard InChI is InChI=1S/C10H17NO3/c1-4-14-10(13)8-5-7(6(2)3)9(12)11-8/h6-8H,4-5H2,1-3H3,(H,11,12)/t7?,8-/m0/s1. The molecule has 0 saturated carbocycles. The molecule has 14 heavy (non-hydrogen) atoms. The van der Waals surface area contributed by atoms with Gasteiger partial charge >= 0.3 is 5.97 Å². The van der Waals surface area contributed by atoms with Gasteiger partial charge in [0.1, 0.15) is 6.04 Å². The molecule has 1 rings (SSSR count). The zero-order valence-electron chi connectivity index (χ0n) is 8.87. The molecule has 1 fully saturated rings. The van der Waals surface area contributed by atoms with E-state index >= 15 is 0 Å². The molecule has 0 spiro atoms. The number of hydrogen-bond donors (Lipinski definition) is 1. The largest absolute Gasteiger partial charge is 0.464 e. The SMILES string of the molecule is CCOC(=O)[C@@H]1CC(C(C)C)C(=O)N1. The Hall–Kier alpha value is -1.06. The molecule has 0 aromatic heterocycles. The summed E-state index contributed by atoms with van der Waals surface area (Å²) in [5.41, 5.74) is 0. The van der Waals surface area contributed by atoms with Crippen LogP contribution in [0, 0.1) is 11.8 Å².